The molecule has 0 saturated heterocycles. The summed E-state index contributed by atoms with van der Waals surface area (Å²) in [4.78, 5) is 11.3. The van der Waals surface area contributed by atoms with Crippen molar-refractivity contribution in [3.8, 4) is 11.8 Å². The summed E-state index contributed by atoms with van der Waals surface area (Å²) in [6.45, 7) is 1.86. The number of carbonyl (C=O) groups excluding carboxylic acids is 1. The number of hydrogen-bond donors (Lipinski definition) is 2. The van der Waals surface area contributed by atoms with Crippen LogP contribution in [0.25, 0.3) is 0 Å². The number of rotatable bonds is 6. The maximum atomic E-state index is 11.3. The highest BCUT2D eigenvalue weighted by Gasteiger charge is 2.11. The van der Waals surface area contributed by atoms with E-state index in [0.717, 1.165) is 12.0 Å². The van der Waals surface area contributed by atoms with Crippen LogP contribution in [0, 0.1) is 11.3 Å². The zero-order chi connectivity index (χ0) is 13.4. The van der Waals surface area contributed by atoms with Gasteiger partial charge >= 0.3 is 0 Å². The van der Waals surface area contributed by atoms with Gasteiger partial charge in [-0.25, -0.2) is 0 Å². The van der Waals surface area contributed by atoms with Gasteiger partial charge in [0, 0.05) is 11.6 Å². The lowest BCUT2D eigenvalue weighted by Gasteiger charge is -2.15. The number of hydrogen-bond acceptors (Lipinski definition) is 4. The standard InChI is InChI=1S/C13H17N3O2/c1-2-11(15)10-5-3-4-6-12(10)18-9-13(17)16-8-7-14/h3-6,11H,2,8-9,15H2,1H3,(H,16,17)/t11-/m1/s1. The molecule has 0 radical (unpaired) electrons. The van der Waals surface area contributed by atoms with E-state index < -0.39 is 0 Å². The third-order valence-corrected chi connectivity index (χ3v) is 2.48. The molecule has 1 amide bonds. The van der Waals surface area contributed by atoms with Crippen molar-refractivity contribution in [3.05, 3.63) is 29.8 Å². The minimum atomic E-state index is -0.323. The SMILES string of the molecule is CC[C@@H](N)c1ccccc1OCC(=O)NCC#N. The fourth-order valence-electron chi connectivity index (χ4n) is 1.47. The molecule has 0 spiro atoms. The van der Waals surface area contributed by atoms with Gasteiger partial charge in [-0.3, -0.25) is 4.79 Å². The van der Waals surface area contributed by atoms with Crippen LogP contribution in [0.3, 0.4) is 0 Å². The first-order chi connectivity index (χ1) is 8.69. The largest absolute Gasteiger partial charge is 0.483 e. The fourth-order valence-corrected chi connectivity index (χ4v) is 1.47. The zero-order valence-electron chi connectivity index (χ0n) is 10.3. The number of carbonyl (C=O) groups is 1. The highest BCUT2D eigenvalue weighted by atomic mass is 16.5. The van der Waals surface area contributed by atoms with Crippen LogP contribution in [-0.4, -0.2) is 19.1 Å². The molecule has 5 heteroatoms. The number of nitrogens with one attached hydrogen (secondary N) is 1. The molecular weight excluding hydrogens is 230 g/mol. The van der Waals surface area contributed by atoms with Gasteiger partial charge in [-0.2, -0.15) is 5.26 Å². The Morgan fingerprint density at radius 1 is 1.56 bits per heavy atom. The van der Waals surface area contributed by atoms with Crippen molar-refractivity contribution in [3.63, 3.8) is 0 Å². The Morgan fingerprint density at radius 3 is 2.94 bits per heavy atom. The van der Waals surface area contributed by atoms with Crippen LogP contribution in [0.5, 0.6) is 5.75 Å². The van der Waals surface area contributed by atoms with Crippen LogP contribution in [0.2, 0.25) is 0 Å². The fraction of sp³-hybridized carbons (Fsp3) is 0.385. The summed E-state index contributed by atoms with van der Waals surface area (Å²) in [5.74, 6) is 0.287. The zero-order valence-corrected chi connectivity index (χ0v) is 10.3. The molecule has 1 aromatic rings. The third kappa shape index (κ3) is 4.07. The Balaban J connectivity index is 2.62. The number of nitrogens with zero attached hydrogens (tertiary/aromatic N) is 1. The van der Waals surface area contributed by atoms with E-state index in [1.807, 2.05) is 31.2 Å². The molecule has 1 atom stereocenters. The molecule has 0 bridgehead atoms. The molecule has 0 aliphatic rings. The van der Waals surface area contributed by atoms with Gasteiger partial charge in [-0.1, -0.05) is 25.1 Å². The van der Waals surface area contributed by atoms with Gasteiger partial charge in [-0.15, -0.1) is 0 Å². The van der Waals surface area contributed by atoms with Crippen molar-refractivity contribution in [2.75, 3.05) is 13.2 Å². The summed E-state index contributed by atoms with van der Waals surface area (Å²) < 4.78 is 5.42. The van der Waals surface area contributed by atoms with Gasteiger partial charge in [0.1, 0.15) is 12.3 Å². The summed E-state index contributed by atoms with van der Waals surface area (Å²) in [5, 5.41) is 10.7. The lowest BCUT2D eigenvalue weighted by molar-refractivity contribution is -0.122. The van der Waals surface area contributed by atoms with Crippen molar-refractivity contribution in [2.24, 2.45) is 5.73 Å². The van der Waals surface area contributed by atoms with Crippen molar-refractivity contribution in [1.82, 2.24) is 5.32 Å². The van der Waals surface area contributed by atoms with Crippen molar-refractivity contribution in [2.45, 2.75) is 19.4 Å². The second kappa shape index (κ2) is 7.30. The Bertz CT molecular complexity index is 440. The first kappa shape index (κ1) is 14.0. The number of para-hydroxylation sites is 1. The molecule has 0 fully saturated rings. The average Bonchev–Trinajstić information content (AvgIpc) is 2.42. The van der Waals surface area contributed by atoms with Gasteiger partial charge in [0.05, 0.1) is 6.07 Å². The Hall–Kier alpha value is -2.06. The van der Waals surface area contributed by atoms with E-state index in [4.69, 9.17) is 15.7 Å². The van der Waals surface area contributed by atoms with Crippen LogP contribution >= 0.6 is 0 Å². The maximum absolute atomic E-state index is 11.3. The number of benzene rings is 1. The third-order valence-electron chi connectivity index (χ3n) is 2.48. The van der Waals surface area contributed by atoms with Gasteiger partial charge in [0.25, 0.3) is 5.91 Å². The van der Waals surface area contributed by atoms with E-state index in [9.17, 15) is 4.79 Å². The topological polar surface area (TPSA) is 88.1 Å². The number of ether oxygens (including phenoxy) is 1. The molecule has 0 aliphatic heterocycles. The van der Waals surface area contributed by atoms with Crippen LogP contribution in [0.4, 0.5) is 0 Å². The van der Waals surface area contributed by atoms with Crippen molar-refractivity contribution >= 4 is 5.91 Å². The van der Waals surface area contributed by atoms with E-state index in [0.29, 0.717) is 5.75 Å². The van der Waals surface area contributed by atoms with E-state index >= 15 is 0 Å². The van der Waals surface area contributed by atoms with Gasteiger partial charge in [-0.05, 0) is 12.5 Å². The summed E-state index contributed by atoms with van der Waals surface area (Å²) in [5.41, 5.74) is 6.84. The first-order valence-corrected chi connectivity index (χ1v) is 5.80. The lowest BCUT2D eigenvalue weighted by Crippen LogP contribution is -2.29. The molecule has 0 heterocycles. The molecule has 18 heavy (non-hydrogen) atoms. The molecule has 96 valence electrons. The molecule has 5 nitrogen and oxygen atoms in total. The molecule has 1 aromatic carbocycles. The quantitative estimate of drug-likeness (QED) is 0.737. The molecule has 0 aliphatic carbocycles. The average molecular weight is 247 g/mol. The van der Waals surface area contributed by atoms with Crippen LogP contribution in [-0.2, 0) is 4.79 Å². The van der Waals surface area contributed by atoms with Crippen LogP contribution in [0.1, 0.15) is 24.9 Å². The van der Waals surface area contributed by atoms with E-state index in [1.165, 1.54) is 0 Å². The molecular formula is C13H17N3O2. The van der Waals surface area contributed by atoms with Crippen molar-refractivity contribution < 1.29 is 9.53 Å². The highest BCUT2D eigenvalue weighted by Crippen LogP contribution is 2.25. The smallest absolute Gasteiger partial charge is 0.258 e. The Kier molecular flexibility index (Phi) is 5.68. The summed E-state index contributed by atoms with van der Waals surface area (Å²) in [7, 11) is 0. The van der Waals surface area contributed by atoms with Gasteiger partial charge in [0.15, 0.2) is 6.61 Å². The summed E-state index contributed by atoms with van der Waals surface area (Å²) >= 11 is 0. The van der Waals surface area contributed by atoms with E-state index in [1.54, 1.807) is 6.07 Å². The van der Waals surface area contributed by atoms with E-state index in [2.05, 4.69) is 5.32 Å². The summed E-state index contributed by atoms with van der Waals surface area (Å²) in [6.07, 6.45) is 0.793. The Labute approximate surface area is 107 Å². The Morgan fingerprint density at radius 2 is 2.28 bits per heavy atom. The first-order valence-electron chi connectivity index (χ1n) is 5.80. The monoisotopic (exact) mass is 247 g/mol. The molecule has 1 rings (SSSR count). The van der Waals surface area contributed by atoms with Gasteiger partial charge in [0.2, 0.25) is 0 Å². The molecule has 3 N–H and O–H groups in total. The number of nitriles is 1. The second-order valence-corrected chi connectivity index (χ2v) is 3.78. The highest BCUT2D eigenvalue weighted by molar-refractivity contribution is 5.77. The number of amides is 1. The predicted molar refractivity (Wildman–Crippen MR) is 67.8 cm³/mol. The maximum Gasteiger partial charge on any atom is 0.258 e. The minimum Gasteiger partial charge on any atom is -0.483 e. The second-order valence-electron chi connectivity index (χ2n) is 3.78. The van der Waals surface area contributed by atoms with Crippen LogP contribution in [0.15, 0.2) is 24.3 Å². The molecule has 0 unspecified atom stereocenters. The molecule has 0 saturated carbocycles. The lowest BCUT2D eigenvalue weighted by atomic mass is 10.0. The van der Waals surface area contributed by atoms with Crippen molar-refractivity contribution in [1.29, 1.82) is 5.26 Å². The normalized spacial score (nSPS) is 11.4. The predicted octanol–water partition coefficient (Wildman–Crippen LogP) is 1.11. The molecule has 0 aromatic heterocycles. The summed E-state index contributed by atoms with van der Waals surface area (Å²) in [6, 6.07) is 9.10. The van der Waals surface area contributed by atoms with E-state index in [-0.39, 0.29) is 25.1 Å². The van der Waals surface area contributed by atoms with Crippen LogP contribution < -0.4 is 15.8 Å². The minimum absolute atomic E-state index is 0.0156. The number of nitrogens with two attached hydrogens (primary N) is 1. The van der Waals surface area contributed by atoms with Gasteiger partial charge < -0.3 is 15.8 Å².